The Labute approximate surface area is 185 Å². The summed E-state index contributed by atoms with van der Waals surface area (Å²) in [6.07, 6.45) is 2.10. The minimum absolute atomic E-state index is 0.0308. The van der Waals surface area contributed by atoms with Crippen molar-refractivity contribution in [2.45, 2.75) is 30.6 Å². The molecule has 0 bridgehead atoms. The maximum Gasteiger partial charge on any atom is 0.306 e. The highest BCUT2D eigenvalue weighted by Crippen LogP contribution is 2.21. The summed E-state index contributed by atoms with van der Waals surface area (Å²) in [5.74, 6) is -1.14. The highest BCUT2D eigenvalue weighted by atomic mass is 32.2. The molecule has 1 amide bonds. The number of sulfonamides is 1. The van der Waals surface area contributed by atoms with E-state index in [0.29, 0.717) is 25.2 Å². The number of nitro benzene ring substituents is 1. The lowest BCUT2D eigenvalue weighted by molar-refractivity contribution is -0.384. The molecule has 170 valence electrons. The third kappa shape index (κ3) is 6.11. The average molecular weight is 461 g/mol. The van der Waals surface area contributed by atoms with Gasteiger partial charge < -0.3 is 10.1 Å². The third-order valence-electron chi connectivity index (χ3n) is 4.97. The Bertz CT molecular complexity index is 1080. The van der Waals surface area contributed by atoms with Crippen molar-refractivity contribution in [3.8, 4) is 0 Å². The molecule has 10 nitrogen and oxygen atoms in total. The van der Waals surface area contributed by atoms with Gasteiger partial charge in [-0.2, -0.15) is 4.31 Å². The molecule has 0 saturated carbocycles. The van der Waals surface area contributed by atoms with Crippen LogP contribution in [0, 0.1) is 10.1 Å². The van der Waals surface area contributed by atoms with Crippen LogP contribution in [0.4, 0.5) is 11.4 Å². The van der Waals surface area contributed by atoms with Gasteiger partial charge in [-0.05, 0) is 49.1 Å². The summed E-state index contributed by atoms with van der Waals surface area (Å²) in [7, 11) is -3.47. The number of esters is 1. The van der Waals surface area contributed by atoms with E-state index in [1.54, 1.807) is 12.1 Å². The monoisotopic (exact) mass is 461 g/mol. The van der Waals surface area contributed by atoms with E-state index in [0.717, 1.165) is 18.4 Å². The molecule has 0 radical (unpaired) electrons. The number of benzene rings is 2. The van der Waals surface area contributed by atoms with Crippen LogP contribution in [0.5, 0.6) is 0 Å². The van der Waals surface area contributed by atoms with Gasteiger partial charge in [0.25, 0.3) is 11.6 Å². The second-order valence-corrected chi connectivity index (χ2v) is 9.21. The highest BCUT2D eigenvalue weighted by molar-refractivity contribution is 7.89. The van der Waals surface area contributed by atoms with Gasteiger partial charge in [-0.1, -0.05) is 12.1 Å². The summed E-state index contributed by atoms with van der Waals surface area (Å²) in [6, 6.07) is 11.7. The molecule has 2 aromatic rings. The molecule has 0 aliphatic carbocycles. The summed E-state index contributed by atoms with van der Waals surface area (Å²) in [5.41, 5.74) is 1.02. The minimum Gasteiger partial charge on any atom is -0.456 e. The molecule has 1 aliphatic heterocycles. The van der Waals surface area contributed by atoms with Crippen LogP contribution in [0.2, 0.25) is 0 Å². The van der Waals surface area contributed by atoms with E-state index in [1.807, 2.05) is 0 Å². The molecule has 1 saturated heterocycles. The van der Waals surface area contributed by atoms with Crippen LogP contribution in [0.1, 0.15) is 24.8 Å². The number of ether oxygens (including phenoxy) is 1. The van der Waals surface area contributed by atoms with Gasteiger partial charge in [0, 0.05) is 37.3 Å². The Morgan fingerprint density at radius 2 is 1.66 bits per heavy atom. The topological polar surface area (TPSA) is 136 Å². The van der Waals surface area contributed by atoms with Crippen molar-refractivity contribution in [1.82, 2.24) is 4.31 Å². The zero-order valence-corrected chi connectivity index (χ0v) is 18.0. The van der Waals surface area contributed by atoms with Crippen molar-refractivity contribution in [1.29, 1.82) is 0 Å². The Hall–Kier alpha value is -3.31. The number of nitrogens with one attached hydrogen (secondary N) is 1. The number of hydrogen-bond donors (Lipinski definition) is 1. The molecule has 2 aromatic carbocycles. The third-order valence-corrected chi connectivity index (χ3v) is 6.88. The predicted octanol–water partition coefficient (Wildman–Crippen LogP) is 2.49. The lowest BCUT2D eigenvalue weighted by Gasteiger charge is -2.15. The fourth-order valence-corrected chi connectivity index (χ4v) is 4.75. The van der Waals surface area contributed by atoms with Gasteiger partial charge in [0.15, 0.2) is 6.61 Å². The van der Waals surface area contributed by atoms with Crippen molar-refractivity contribution >= 4 is 33.3 Å². The van der Waals surface area contributed by atoms with Crippen LogP contribution in [0.15, 0.2) is 53.4 Å². The van der Waals surface area contributed by atoms with Gasteiger partial charge in [-0.3, -0.25) is 19.7 Å². The smallest absolute Gasteiger partial charge is 0.306 e. The van der Waals surface area contributed by atoms with Gasteiger partial charge in [-0.25, -0.2) is 8.42 Å². The van der Waals surface area contributed by atoms with Crippen LogP contribution in [0.3, 0.4) is 0 Å². The molecule has 0 atom stereocenters. The van der Waals surface area contributed by atoms with Crippen molar-refractivity contribution in [3.05, 3.63) is 64.2 Å². The number of nitro groups is 1. The maximum absolute atomic E-state index is 12.5. The average Bonchev–Trinajstić information content (AvgIpc) is 3.33. The maximum atomic E-state index is 12.5. The molecule has 32 heavy (non-hydrogen) atoms. The zero-order chi connectivity index (χ0) is 23.1. The van der Waals surface area contributed by atoms with E-state index in [2.05, 4.69) is 5.32 Å². The van der Waals surface area contributed by atoms with Gasteiger partial charge in [0.2, 0.25) is 10.0 Å². The van der Waals surface area contributed by atoms with Gasteiger partial charge in [0.1, 0.15) is 0 Å². The van der Waals surface area contributed by atoms with Gasteiger partial charge in [-0.15, -0.1) is 0 Å². The van der Waals surface area contributed by atoms with E-state index < -0.39 is 33.4 Å². The molecule has 3 rings (SSSR count). The molecule has 1 N–H and O–H groups in total. The number of carbonyl (C=O) groups is 2. The molecule has 0 spiro atoms. The Balaban J connectivity index is 1.42. The second kappa shape index (κ2) is 10.3. The lowest BCUT2D eigenvalue weighted by Crippen LogP contribution is -2.27. The van der Waals surface area contributed by atoms with E-state index >= 15 is 0 Å². The first-order valence-corrected chi connectivity index (χ1v) is 11.5. The Morgan fingerprint density at radius 1 is 1.03 bits per heavy atom. The number of rotatable bonds is 9. The summed E-state index contributed by atoms with van der Waals surface area (Å²) in [6.45, 7) is 0.588. The molecule has 1 aliphatic rings. The van der Waals surface area contributed by atoms with Crippen LogP contribution in [-0.2, 0) is 30.8 Å². The first-order chi connectivity index (χ1) is 15.3. The van der Waals surface area contributed by atoms with Gasteiger partial charge in [0.05, 0.1) is 9.82 Å². The molecule has 1 heterocycles. The Morgan fingerprint density at radius 3 is 2.25 bits per heavy atom. The fourth-order valence-electron chi connectivity index (χ4n) is 3.23. The predicted molar refractivity (Wildman–Crippen MR) is 115 cm³/mol. The first-order valence-electron chi connectivity index (χ1n) is 10.0. The van der Waals surface area contributed by atoms with Crippen molar-refractivity contribution < 1.29 is 27.7 Å². The second-order valence-electron chi connectivity index (χ2n) is 7.27. The molecule has 0 unspecified atom stereocenters. The first kappa shape index (κ1) is 23.4. The number of carbonyl (C=O) groups excluding carboxylic acids is 2. The molecule has 11 heteroatoms. The number of aryl methyl sites for hydroxylation is 1. The summed E-state index contributed by atoms with van der Waals surface area (Å²) >= 11 is 0. The number of anilines is 1. The Kier molecular flexibility index (Phi) is 7.54. The molecular formula is C21H23N3O7S. The van der Waals surface area contributed by atoms with Gasteiger partial charge >= 0.3 is 5.97 Å². The summed E-state index contributed by atoms with van der Waals surface area (Å²) in [4.78, 5) is 34.1. The number of nitrogens with zero attached hydrogens (tertiary/aromatic N) is 2. The SMILES string of the molecule is O=C(COC(=O)CCc1ccc(S(=O)(=O)N2CCCC2)cc1)Nc1ccc([N+](=O)[O-])cc1. The number of hydrogen-bond acceptors (Lipinski definition) is 7. The van der Waals surface area contributed by atoms with Crippen molar-refractivity contribution in [3.63, 3.8) is 0 Å². The summed E-state index contributed by atoms with van der Waals surface area (Å²) < 4.78 is 31.5. The van der Waals surface area contributed by atoms with E-state index in [9.17, 15) is 28.1 Å². The largest absolute Gasteiger partial charge is 0.456 e. The van der Waals surface area contributed by atoms with E-state index in [4.69, 9.17) is 4.74 Å². The quantitative estimate of drug-likeness (QED) is 0.344. The normalized spacial score (nSPS) is 14.1. The zero-order valence-electron chi connectivity index (χ0n) is 17.2. The van der Waals surface area contributed by atoms with Crippen LogP contribution >= 0.6 is 0 Å². The fraction of sp³-hybridized carbons (Fsp3) is 0.333. The lowest BCUT2D eigenvalue weighted by atomic mass is 10.1. The van der Waals surface area contributed by atoms with Crippen LogP contribution in [0.25, 0.3) is 0 Å². The summed E-state index contributed by atoms with van der Waals surface area (Å²) in [5, 5.41) is 13.1. The molecular weight excluding hydrogens is 438 g/mol. The molecule has 1 fully saturated rings. The van der Waals surface area contributed by atoms with E-state index in [-0.39, 0.29) is 17.0 Å². The molecule has 0 aromatic heterocycles. The highest BCUT2D eigenvalue weighted by Gasteiger charge is 2.26. The number of non-ortho nitro benzene ring substituents is 1. The standard InChI is InChI=1S/C21H23N3O7S/c25-20(22-17-6-8-18(9-7-17)24(27)28)15-31-21(26)12-5-16-3-10-19(11-4-16)32(29,30)23-13-1-2-14-23/h3-4,6-11H,1-2,5,12-15H2,(H,22,25). The van der Waals surface area contributed by atoms with E-state index in [1.165, 1.54) is 40.7 Å². The van der Waals surface area contributed by atoms with Crippen LogP contribution in [-0.4, -0.2) is 49.2 Å². The van der Waals surface area contributed by atoms with Crippen molar-refractivity contribution in [2.75, 3.05) is 25.0 Å². The number of amides is 1. The van der Waals surface area contributed by atoms with Crippen molar-refractivity contribution in [2.24, 2.45) is 0 Å². The van der Waals surface area contributed by atoms with Crippen LogP contribution < -0.4 is 5.32 Å². The minimum atomic E-state index is -3.47.